The third kappa shape index (κ3) is 3.01. The highest BCUT2D eigenvalue weighted by Gasteiger charge is 2.24. The van der Waals surface area contributed by atoms with E-state index in [1.165, 1.54) is 11.3 Å². The highest BCUT2D eigenvalue weighted by molar-refractivity contribution is 8.00. The van der Waals surface area contributed by atoms with Crippen molar-refractivity contribution in [2.24, 2.45) is 5.73 Å². The van der Waals surface area contributed by atoms with Crippen LogP contribution < -0.4 is 10.6 Å². The van der Waals surface area contributed by atoms with Crippen molar-refractivity contribution in [2.75, 3.05) is 18.0 Å². The SMILES string of the molecule is CC[C@H](N)c1ccccc1N1CC(C)SC(C)C1. The lowest BCUT2D eigenvalue weighted by Gasteiger charge is -2.37. The lowest BCUT2D eigenvalue weighted by molar-refractivity contribution is 0.677. The van der Waals surface area contributed by atoms with Crippen LogP contribution in [0.1, 0.15) is 38.8 Å². The summed E-state index contributed by atoms with van der Waals surface area (Å²) in [5.74, 6) is 0. The number of hydrogen-bond donors (Lipinski definition) is 1. The molecule has 1 aliphatic rings. The molecule has 0 saturated carbocycles. The predicted octanol–water partition coefficient (Wildman–Crippen LogP) is 3.43. The maximum Gasteiger partial charge on any atom is 0.0415 e. The van der Waals surface area contributed by atoms with E-state index >= 15 is 0 Å². The number of anilines is 1. The van der Waals surface area contributed by atoms with Gasteiger partial charge in [0.25, 0.3) is 0 Å². The largest absolute Gasteiger partial charge is 0.369 e. The summed E-state index contributed by atoms with van der Waals surface area (Å²) >= 11 is 2.09. The summed E-state index contributed by atoms with van der Waals surface area (Å²) in [7, 11) is 0. The van der Waals surface area contributed by atoms with E-state index < -0.39 is 0 Å². The molecule has 100 valence electrons. The maximum atomic E-state index is 6.24. The van der Waals surface area contributed by atoms with Gasteiger partial charge in [0, 0.05) is 35.3 Å². The van der Waals surface area contributed by atoms with E-state index in [9.17, 15) is 0 Å². The van der Waals surface area contributed by atoms with Gasteiger partial charge in [-0.2, -0.15) is 11.8 Å². The van der Waals surface area contributed by atoms with Crippen molar-refractivity contribution < 1.29 is 0 Å². The highest BCUT2D eigenvalue weighted by atomic mass is 32.2. The van der Waals surface area contributed by atoms with Gasteiger partial charge in [-0.05, 0) is 18.1 Å². The van der Waals surface area contributed by atoms with Gasteiger partial charge >= 0.3 is 0 Å². The van der Waals surface area contributed by atoms with Crippen molar-refractivity contribution >= 4 is 17.4 Å². The van der Waals surface area contributed by atoms with Gasteiger partial charge in [-0.1, -0.05) is 39.0 Å². The second kappa shape index (κ2) is 5.98. The van der Waals surface area contributed by atoms with Crippen molar-refractivity contribution in [2.45, 2.75) is 43.7 Å². The summed E-state index contributed by atoms with van der Waals surface area (Å²) in [6.45, 7) is 9.04. The molecule has 0 spiro atoms. The number of nitrogens with two attached hydrogens (primary N) is 1. The van der Waals surface area contributed by atoms with Crippen LogP contribution in [0, 0.1) is 0 Å². The number of thioether (sulfide) groups is 1. The smallest absolute Gasteiger partial charge is 0.0415 e. The average molecular weight is 264 g/mol. The Morgan fingerprint density at radius 2 is 1.89 bits per heavy atom. The summed E-state index contributed by atoms with van der Waals surface area (Å²) in [6.07, 6.45) is 0.991. The zero-order valence-electron chi connectivity index (χ0n) is 11.6. The minimum absolute atomic E-state index is 0.154. The average Bonchev–Trinajstić information content (AvgIpc) is 2.36. The molecule has 0 amide bonds. The molecule has 3 atom stereocenters. The van der Waals surface area contributed by atoms with Gasteiger partial charge in [0.15, 0.2) is 0 Å². The lowest BCUT2D eigenvalue weighted by Crippen LogP contribution is -2.41. The molecule has 0 bridgehead atoms. The predicted molar refractivity (Wildman–Crippen MR) is 82.4 cm³/mol. The van der Waals surface area contributed by atoms with Crippen LogP contribution in [0.5, 0.6) is 0 Å². The summed E-state index contributed by atoms with van der Waals surface area (Å²) in [4.78, 5) is 2.51. The Balaban J connectivity index is 2.26. The molecule has 2 unspecified atom stereocenters. The standard InChI is InChI=1S/C15H24N2S/c1-4-14(16)13-7-5-6-8-15(13)17-9-11(2)18-12(3)10-17/h5-8,11-12,14H,4,9-10,16H2,1-3H3/t11?,12?,14-/m0/s1. The molecule has 2 N–H and O–H groups in total. The van der Waals surface area contributed by atoms with Gasteiger partial charge in [-0.25, -0.2) is 0 Å². The molecule has 1 aromatic carbocycles. The van der Waals surface area contributed by atoms with Crippen LogP contribution >= 0.6 is 11.8 Å². The van der Waals surface area contributed by atoms with Crippen LogP contribution in [0.3, 0.4) is 0 Å². The fraction of sp³-hybridized carbons (Fsp3) is 0.600. The first-order chi connectivity index (χ1) is 8.61. The first kappa shape index (κ1) is 13.8. The molecule has 1 saturated heterocycles. The summed E-state index contributed by atoms with van der Waals surface area (Å²) in [6, 6.07) is 8.78. The van der Waals surface area contributed by atoms with Crippen molar-refractivity contribution in [1.29, 1.82) is 0 Å². The molecule has 1 aromatic rings. The number of para-hydroxylation sites is 1. The van der Waals surface area contributed by atoms with Crippen LogP contribution in [-0.2, 0) is 0 Å². The van der Waals surface area contributed by atoms with Crippen LogP contribution in [0.15, 0.2) is 24.3 Å². The van der Waals surface area contributed by atoms with Gasteiger partial charge in [0.05, 0.1) is 0 Å². The van der Waals surface area contributed by atoms with Crippen molar-refractivity contribution in [1.82, 2.24) is 0 Å². The molecule has 3 heteroatoms. The molecular formula is C15H24N2S. The Labute approximate surface area is 115 Å². The van der Waals surface area contributed by atoms with E-state index in [1.54, 1.807) is 0 Å². The van der Waals surface area contributed by atoms with Crippen molar-refractivity contribution in [3.8, 4) is 0 Å². The number of nitrogens with zero attached hydrogens (tertiary/aromatic N) is 1. The first-order valence-corrected chi connectivity index (χ1v) is 7.81. The Morgan fingerprint density at radius 1 is 1.28 bits per heavy atom. The number of hydrogen-bond acceptors (Lipinski definition) is 3. The van der Waals surface area contributed by atoms with Gasteiger partial charge in [-0.15, -0.1) is 0 Å². The Morgan fingerprint density at radius 3 is 2.50 bits per heavy atom. The normalized spacial score (nSPS) is 26.1. The highest BCUT2D eigenvalue weighted by Crippen LogP contribution is 2.32. The van der Waals surface area contributed by atoms with E-state index in [-0.39, 0.29) is 6.04 Å². The van der Waals surface area contributed by atoms with Crippen molar-refractivity contribution in [3.63, 3.8) is 0 Å². The Hall–Kier alpha value is -0.670. The van der Waals surface area contributed by atoms with Crippen LogP contribution in [0.2, 0.25) is 0 Å². The lowest BCUT2D eigenvalue weighted by atomic mass is 10.0. The van der Waals surface area contributed by atoms with E-state index in [4.69, 9.17) is 5.73 Å². The second-order valence-electron chi connectivity index (χ2n) is 5.24. The van der Waals surface area contributed by atoms with Gasteiger partial charge in [0.2, 0.25) is 0 Å². The molecule has 18 heavy (non-hydrogen) atoms. The minimum atomic E-state index is 0.154. The zero-order chi connectivity index (χ0) is 13.1. The number of rotatable bonds is 3. The molecule has 2 rings (SSSR count). The molecule has 1 heterocycles. The van der Waals surface area contributed by atoms with Gasteiger partial charge in [0.1, 0.15) is 0 Å². The van der Waals surface area contributed by atoms with Gasteiger partial charge in [-0.3, -0.25) is 0 Å². The quantitative estimate of drug-likeness (QED) is 0.907. The monoisotopic (exact) mass is 264 g/mol. The molecular weight excluding hydrogens is 240 g/mol. The Bertz CT molecular complexity index is 384. The fourth-order valence-electron chi connectivity index (χ4n) is 2.68. The first-order valence-electron chi connectivity index (χ1n) is 6.86. The molecule has 1 aliphatic heterocycles. The summed E-state index contributed by atoms with van der Waals surface area (Å²) < 4.78 is 0. The van der Waals surface area contributed by atoms with E-state index in [1.807, 2.05) is 0 Å². The topological polar surface area (TPSA) is 29.3 Å². The van der Waals surface area contributed by atoms with E-state index in [2.05, 4.69) is 61.7 Å². The van der Waals surface area contributed by atoms with Crippen LogP contribution in [0.4, 0.5) is 5.69 Å². The molecule has 0 radical (unpaired) electrons. The van der Waals surface area contributed by atoms with Crippen molar-refractivity contribution in [3.05, 3.63) is 29.8 Å². The van der Waals surface area contributed by atoms with E-state index in [0.717, 1.165) is 19.5 Å². The van der Waals surface area contributed by atoms with Crippen LogP contribution in [0.25, 0.3) is 0 Å². The van der Waals surface area contributed by atoms with Crippen LogP contribution in [-0.4, -0.2) is 23.6 Å². The zero-order valence-corrected chi connectivity index (χ0v) is 12.4. The Kier molecular flexibility index (Phi) is 4.57. The second-order valence-corrected chi connectivity index (χ2v) is 7.12. The third-order valence-electron chi connectivity index (χ3n) is 3.54. The molecule has 1 fully saturated rings. The van der Waals surface area contributed by atoms with E-state index in [0.29, 0.717) is 10.5 Å². The maximum absolute atomic E-state index is 6.24. The van der Waals surface area contributed by atoms with Gasteiger partial charge < -0.3 is 10.6 Å². The molecule has 0 aliphatic carbocycles. The summed E-state index contributed by atoms with van der Waals surface area (Å²) in [5, 5.41) is 1.39. The summed E-state index contributed by atoms with van der Waals surface area (Å²) in [5.41, 5.74) is 8.88. The molecule has 0 aromatic heterocycles. The fourth-order valence-corrected chi connectivity index (χ4v) is 4.01. The number of benzene rings is 1. The molecule has 2 nitrogen and oxygen atoms in total. The third-order valence-corrected chi connectivity index (χ3v) is 4.76. The minimum Gasteiger partial charge on any atom is -0.369 e.